The Morgan fingerprint density at radius 1 is 1.64 bits per heavy atom. The predicted octanol–water partition coefficient (Wildman–Crippen LogP) is 0.588. The van der Waals surface area contributed by atoms with E-state index in [-0.39, 0.29) is 6.04 Å². The summed E-state index contributed by atoms with van der Waals surface area (Å²) in [5.41, 5.74) is 5.66. The van der Waals surface area contributed by atoms with Crippen molar-refractivity contribution in [2.24, 2.45) is 5.73 Å². The van der Waals surface area contributed by atoms with Crippen LogP contribution < -0.4 is 5.73 Å². The van der Waals surface area contributed by atoms with Gasteiger partial charge in [0, 0.05) is 11.8 Å². The minimum Gasteiger partial charge on any atom is -0.327 e. The molecule has 1 heterocycles. The van der Waals surface area contributed by atoms with Gasteiger partial charge in [-0.1, -0.05) is 0 Å². The number of nitrogens with zero attached hydrogens (tertiary/aromatic N) is 4. The summed E-state index contributed by atoms with van der Waals surface area (Å²) in [6, 6.07) is 0.807. The van der Waals surface area contributed by atoms with Crippen molar-refractivity contribution in [2.45, 2.75) is 37.6 Å². The van der Waals surface area contributed by atoms with Crippen LogP contribution in [0.2, 0.25) is 0 Å². The first kappa shape index (κ1) is 9.92. The number of hydrogen-bond donors (Lipinski definition) is 1. The van der Waals surface area contributed by atoms with Gasteiger partial charge in [-0.05, 0) is 30.2 Å². The van der Waals surface area contributed by atoms with E-state index in [9.17, 15) is 0 Å². The maximum absolute atomic E-state index is 5.66. The van der Waals surface area contributed by atoms with E-state index in [2.05, 4.69) is 15.5 Å². The Morgan fingerprint density at radius 2 is 2.43 bits per heavy atom. The molecule has 1 aromatic rings. The number of rotatable bonds is 5. The molecule has 2 rings (SSSR count). The van der Waals surface area contributed by atoms with E-state index in [1.54, 1.807) is 11.8 Å². The summed E-state index contributed by atoms with van der Waals surface area (Å²) >= 11 is 1.79. The van der Waals surface area contributed by atoms with E-state index >= 15 is 0 Å². The highest BCUT2D eigenvalue weighted by molar-refractivity contribution is 7.98. The van der Waals surface area contributed by atoms with E-state index in [0.717, 1.165) is 17.3 Å². The quantitative estimate of drug-likeness (QED) is 0.775. The first-order chi connectivity index (χ1) is 6.77. The maximum Gasteiger partial charge on any atom is 0.161 e. The molecular weight excluding hydrogens is 198 g/mol. The van der Waals surface area contributed by atoms with Crippen LogP contribution in [0.15, 0.2) is 0 Å². The number of tetrazole rings is 1. The van der Waals surface area contributed by atoms with E-state index in [1.165, 1.54) is 12.8 Å². The normalized spacial score (nSPS) is 18.4. The standard InChI is InChI=1S/C8H15N5S/c1-6(9)4-14-5-8-10-11-12-13(8)7-2-3-7/h6-7H,2-5,9H2,1H3. The van der Waals surface area contributed by atoms with Crippen LogP contribution in [0, 0.1) is 0 Å². The molecule has 0 amide bonds. The summed E-state index contributed by atoms with van der Waals surface area (Å²) in [7, 11) is 0. The van der Waals surface area contributed by atoms with Gasteiger partial charge in [-0.25, -0.2) is 4.68 Å². The zero-order valence-corrected chi connectivity index (χ0v) is 9.07. The summed E-state index contributed by atoms with van der Waals surface area (Å²) < 4.78 is 1.95. The summed E-state index contributed by atoms with van der Waals surface area (Å²) in [5, 5.41) is 11.7. The fraction of sp³-hybridized carbons (Fsp3) is 0.875. The van der Waals surface area contributed by atoms with Crippen LogP contribution >= 0.6 is 11.8 Å². The SMILES string of the molecule is CC(N)CSCc1nnnn1C1CC1. The predicted molar refractivity (Wildman–Crippen MR) is 55.9 cm³/mol. The molecule has 1 aliphatic rings. The van der Waals surface area contributed by atoms with E-state index in [1.807, 2.05) is 11.6 Å². The molecule has 5 nitrogen and oxygen atoms in total. The van der Waals surface area contributed by atoms with Crippen LogP contribution in [0.5, 0.6) is 0 Å². The van der Waals surface area contributed by atoms with Crippen molar-refractivity contribution in [3.05, 3.63) is 5.82 Å². The molecule has 78 valence electrons. The molecule has 0 aliphatic heterocycles. The first-order valence-corrected chi connectivity index (χ1v) is 6.03. The fourth-order valence-corrected chi connectivity index (χ4v) is 2.11. The Balaban J connectivity index is 1.85. The van der Waals surface area contributed by atoms with E-state index in [0.29, 0.717) is 6.04 Å². The zero-order valence-electron chi connectivity index (χ0n) is 8.26. The molecule has 6 heteroatoms. The second-order valence-electron chi connectivity index (χ2n) is 3.76. The molecular formula is C8H15N5S. The van der Waals surface area contributed by atoms with E-state index < -0.39 is 0 Å². The van der Waals surface area contributed by atoms with Crippen molar-refractivity contribution in [1.82, 2.24) is 20.2 Å². The lowest BCUT2D eigenvalue weighted by Crippen LogP contribution is -2.17. The van der Waals surface area contributed by atoms with Gasteiger partial charge in [0.15, 0.2) is 5.82 Å². The molecule has 1 saturated carbocycles. The summed E-state index contributed by atoms with van der Waals surface area (Å²) in [4.78, 5) is 0. The lowest BCUT2D eigenvalue weighted by Gasteiger charge is -2.04. The topological polar surface area (TPSA) is 69.6 Å². The van der Waals surface area contributed by atoms with Crippen molar-refractivity contribution in [1.29, 1.82) is 0 Å². The molecule has 0 saturated heterocycles. The van der Waals surface area contributed by atoms with Crippen molar-refractivity contribution >= 4 is 11.8 Å². The highest BCUT2D eigenvalue weighted by Crippen LogP contribution is 2.34. The zero-order chi connectivity index (χ0) is 9.97. The van der Waals surface area contributed by atoms with Gasteiger partial charge in [0.1, 0.15) is 0 Å². The van der Waals surface area contributed by atoms with Crippen LogP contribution in [0.1, 0.15) is 31.6 Å². The Kier molecular flexibility index (Phi) is 3.02. The second kappa shape index (κ2) is 4.27. The third kappa shape index (κ3) is 2.45. The van der Waals surface area contributed by atoms with Crippen molar-refractivity contribution < 1.29 is 0 Å². The average molecular weight is 213 g/mol. The average Bonchev–Trinajstić information content (AvgIpc) is 2.87. The monoisotopic (exact) mass is 213 g/mol. The molecule has 1 aromatic heterocycles. The molecule has 1 aliphatic carbocycles. The van der Waals surface area contributed by atoms with Crippen LogP contribution in [-0.4, -0.2) is 32.0 Å². The second-order valence-corrected chi connectivity index (χ2v) is 4.79. The highest BCUT2D eigenvalue weighted by atomic mass is 32.2. The third-order valence-electron chi connectivity index (χ3n) is 2.07. The number of nitrogens with two attached hydrogens (primary N) is 1. The van der Waals surface area contributed by atoms with E-state index in [4.69, 9.17) is 5.73 Å². The number of aromatic nitrogens is 4. The highest BCUT2D eigenvalue weighted by Gasteiger charge is 2.27. The molecule has 2 N–H and O–H groups in total. The van der Waals surface area contributed by atoms with Crippen LogP contribution in [-0.2, 0) is 5.75 Å². The van der Waals surface area contributed by atoms with Gasteiger partial charge >= 0.3 is 0 Å². The van der Waals surface area contributed by atoms with Gasteiger partial charge in [0.2, 0.25) is 0 Å². The third-order valence-corrected chi connectivity index (χ3v) is 3.29. The minimum atomic E-state index is 0.241. The molecule has 0 radical (unpaired) electrons. The van der Waals surface area contributed by atoms with Crippen molar-refractivity contribution in [3.63, 3.8) is 0 Å². The Hall–Kier alpha value is -0.620. The lowest BCUT2D eigenvalue weighted by atomic mass is 10.4. The maximum atomic E-state index is 5.66. The van der Waals surface area contributed by atoms with Gasteiger partial charge < -0.3 is 5.73 Å². The summed E-state index contributed by atoms with van der Waals surface area (Å²) in [6.07, 6.45) is 2.44. The smallest absolute Gasteiger partial charge is 0.161 e. The largest absolute Gasteiger partial charge is 0.327 e. The number of thioether (sulfide) groups is 1. The molecule has 1 atom stereocenters. The molecule has 14 heavy (non-hydrogen) atoms. The molecule has 0 bridgehead atoms. The van der Waals surface area contributed by atoms with Gasteiger partial charge in [0.25, 0.3) is 0 Å². The first-order valence-electron chi connectivity index (χ1n) is 4.87. The molecule has 1 fully saturated rings. The Morgan fingerprint density at radius 3 is 3.07 bits per heavy atom. The van der Waals surface area contributed by atoms with Crippen molar-refractivity contribution in [2.75, 3.05) is 5.75 Å². The Labute approximate surface area is 87.4 Å². The summed E-state index contributed by atoms with van der Waals surface area (Å²) in [6.45, 7) is 2.01. The number of hydrogen-bond acceptors (Lipinski definition) is 5. The fourth-order valence-electron chi connectivity index (χ4n) is 1.25. The van der Waals surface area contributed by atoms with Gasteiger partial charge in [-0.15, -0.1) is 5.10 Å². The molecule has 1 unspecified atom stereocenters. The van der Waals surface area contributed by atoms with Crippen LogP contribution in [0.3, 0.4) is 0 Å². The van der Waals surface area contributed by atoms with Crippen LogP contribution in [0.4, 0.5) is 0 Å². The minimum absolute atomic E-state index is 0.241. The Bertz CT molecular complexity index is 294. The summed E-state index contributed by atoms with van der Waals surface area (Å²) in [5.74, 6) is 2.81. The van der Waals surface area contributed by atoms with Gasteiger partial charge in [0.05, 0.1) is 11.8 Å². The molecule has 0 aromatic carbocycles. The van der Waals surface area contributed by atoms with Crippen molar-refractivity contribution in [3.8, 4) is 0 Å². The van der Waals surface area contributed by atoms with Gasteiger partial charge in [-0.2, -0.15) is 11.8 Å². The molecule has 0 spiro atoms. The lowest BCUT2D eigenvalue weighted by molar-refractivity contribution is 0.593. The van der Waals surface area contributed by atoms with Gasteiger partial charge in [-0.3, -0.25) is 0 Å². The van der Waals surface area contributed by atoms with Crippen LogP contribution in [0.25, 0.3) is 0 Å².